The second-order valence-corrected chi connectivity index (χ2v) is 7.71. The Morgan fingerprint density at radius 2 is 2.08 bits per heavy atom. The molecule has 0 aliphatic heterocycles. The molecule has 2 heterocycles. The fraction of sp³-hybridized carbons (Fsp3) is 0.471. The number of thiazole rings is 1. The summed E-state index contributed by atoms with van der Waals surface area (Å²) in [6.45, 7) is 0.447. The molecule has 0 spiro atoms. The summed E-state index contributed by atoms with van der Waals surface area (Å²) in [4.78, 5) is 31.5. The van der Waals surface area contributed by atoms with Crippen molar-refractivity contribution in [3.63, 3.8) is 0 Å². The van der Waals surface area contributed by atoms with Crippen LogP contribution in [0, 0.1) is 0 Å². The van der Waals surface area contributed by atoms with Crippen LogP contribution < -0.4 is 0 Å². The van der Waals surface area contributed by atoms with Crippen LogP contribution in [0.4, 0.5) is 0 Å². The van der Waals surface area contributed by atoms with Gasteiger partial charge in [0.2, 0.25) is 0 Å². The Kier molecular flexibility index (Phi) is 5.63. The van der Waals surface area contributed by atoms with E-state index in [2.05, 4.69) is 4.98 Å². The zero-order chi connectivity index (χ0) is 16.9. The fourth-order valence-corrected chi connectivity index (χ4v) is 4.47. The minimum atomic E-state index is -0.439. The SMILES string of the molecule is COC(=O)c1csc(CN(C(=O)c2cccs2)C2CCCCC2)n1. The lowest BCUT2D eigenvalue weighted by Crippen LogP contribution is -2.40. The van der Waals surface area contributed by atoms with Gasteiger partial charge in [-0.05, 0) is 24.3 Å². The first-order chi connectivity index (χ1) is 11.7. The van der Waals surface area contributed by atoms with Crippen LogP contribution in [0.2, 0.25) is 0 Å². The summed E-state index contributed by atoms with van der Waals surface area (Å²) >= 11 is 2.86. The number of amides is 1. The molecular weight excluding hydrogens is 344 g/mol. The molecule has 2 aromatic heterocycles. The summed E-state index contributed by atoms with van der Waals surface area (Å²) in [6, 6.07) is 4.01. The molecule has 0 saturated heterocycles. The second kappa shape index (κ2) is 7.90. The summed E-state index contributed by atoms with van der Waals surface area (Å²) in [5.41, 5.74) is 0.310. The normalized spacial score (nSPS) is 15.2. The average Bonchev–Trinajstić information content (AvgIpc) is 3.31. The Balaban J connectivity index is 1.80. The molecule has 128 valence electrons. The number of hydrogen-bond donors (Lipinski definition) is 0. The van der Waals surface area contributed by atoms with Crippen LogP contribution >= 0.6 is 22.7 Å². The average molecular weight is 364 g/mol. The van der Waals surface area contributed by atoms with Crippen LogP contribution in [0.3, 0.4) is 0 Å². The van der Waals surface area contributed by atoms with Crippen LogP contribution in [0.25, 0.3) is 0 Å². The molecule has 7 heteroatoms. The topological polar surface area (TPSA) is 59.5 Å². The van der Waals surface area contributed by atoms with Gasteiger partial charge in [-0.2, -0.15) is 0 Å². The lowest BCUT2D eigenvalue weighted by atomic mass is 9.94. The third-order valence-corrected chi connectivity index (χ3v) is 5.95. The molecule has 0 bridgehead atoms. The van der Waals surface area contributed by atoms with Crippen LogP contribution in [0.1, 0.15) is 57.3 Å². The van der Waals surface area contributed by atoms with Crippen molar-refractivity contribution in [2.75, 3.05) is 7.11 Å². The quantitative estimate of drug-likeness (QED) is 0.753. The first kappa shape index (κ1) is 17.1. The maximum Gasteiger partial charge on any atom is 0.357 e. The molecule has 24 heavy (non-hydrogen) atoms. The first-order valence-corrected chi connectivity index (χ1v) is 9.82. The number of nitrogens with zero attached hydrogens (tertiary/aromatic N) is 2. The number of methoxy groups -OCH3 is 1. The highest BCUT2D eigenvalue weighted by atomic mass is 32.1. The summed E-state index contributed by atoms with van der Waals surface area (Å²) in [7, 11) is 1.34. The molecule has 0 N–H and O–H groups in total. The van der Waals surface area contributed by atoms with Crippen molar-refractivity contribution in [1.82, 2.24) is 9.88 Å². The van der Waals surface area contributed by atoms with Crippen molar-refractivity contribution < 1.29 is 14.3 Å². The van der Waals surface area contributed by atoms with Crippen LogP contribution in [-0.2, 0) is 11.3 Å². The van der Waals surface area contributed by atoms with Gasteiger partial charge in [-0.25, -0.2) is 9.78 Å². The lowest BCUT2D eigenvalue weighted by molar-refractivity contribution is 0.0594. The van der Waals surface area contributed by atoms with Gasteiger partial charge in [0.15, 0.2) is 5.69 Å². The highest BCUT2D eigenvalue weighted by Crippen LogP contribution is 2.27. The van der Waals surface area contributed by atoms with Gasteiger partial charge in [0.1, 0.15) is 5.01 Å². The molecule has 1 saturated carbocycles. The molecule has 0 unspecified atom stereocenters. The number of ether oxygens (including phenoxy) is 1. The summed E-state index contributed by atoms with van der Waals surface area (Å²) in [5, 5.41) is 4.38. The standard InChI is InChI=1S/C17H20N2O3S2/c1-22-17(21)13-11-24-15(18-13)10-19(12-6-3-2-4-7-12)16(20)14-8-5-9-23-14/h5,8-9,11-12H,2-4,6-7,10H2,1H3. The predicted octanol–water partition coefficient (Wildman–Crippen LogP) is 3.97. The van der Waals surface area contributed by atoms with Crippen molar-refractivity contribution in [3.05, 3.63) is 38.5 Å². The van der Waals surface area contributed by atoms with Gasteiger partial charge >= 0.3 is 5.97 Å². The maximum absolute atomic E-state index is 12.9. The largest absolute Gasteiger partial charge is 0.464 e. The Labute approximate surface area is 149 Å². The van der Waals surface area contributed by atoms with E-state index in [1.807, 2.05) is 22.4 Å². The number of hydrogen-bond acceptors (Lipinski definition) is 6. The van der Waals surface area contributed by atoms with Crippen molar-refractivity contribution in [2.45, 2.75) is 44.7 Å². The minimum absolute atomic E-state index is 0.0618. The van der Waals surface area contributed by atoms with Gasteiger partial charge in [-0.1, -0.05) is 25.3 Å². The van der Waals surface area contributed by atoms with Crippen molar-refractivity contribution in [3.8, 4) is 0 Å². The molecule has 1 aliphatic rings. The zero-order valence-electron chi connectivity index (χ0n) is 13.6. The number of carbonyl (C=O) groups excluding carboxylic acids is 2. The third-order valence-electron chi connectivity index (χ3n) is 4.26. The minimum Gasteiger partial charge on any atom is -0.464 e. The smallest absolute Gasteiger partial charge is 0.357 e. The monoisotopic (exact) mass is 364 g/mol. The van der Waals surface area contributed by atoms with E-state index in [1.54, 1.807) is 5.38 Å². The molecule has 1 aliphatic carbocycles. The van der Waals surface area contributed by atoms with Gasteiger partial charge in [-0.15, -0.1) is 22.7 Å². The van der Waals surface area contributed by atoms with Gasteiger partial charge in [0.05, 0.1) is 18.5 Å². The van der Waals surface area contributed by atoms with E-state index >= 15 is 0 Å². The Morgan fingerprint density at radius 3 is 2.75 bits per heavy atom. The first-order valence-electron chi connectivity index (χ1n) is 8.06. The zero-order valence-corrected chi connectivity index (χ0v) is 15.2. The fourth-order valence-electron chi connectivity index (χ4n) is 3.03. The predicted molar refractivity (Wildman–Crippen MR) is 94.5 cm³/mol. The molecule has 1 amide bonds. The van der Waals surface area contributed by atoms with Crippen molar-refractivity contribution in [2.24, 2.45) is 0 Å². The molecule has 0 radical (unpaired) electrons. The lowest BCUT2D eigenvalue weighted by Gasteiger charge is -2.33. The number of thiophene rings is 1. The van der Waals surface area contributed by atoms with E-state index < -0.39 is 5.97 Å². The second-order valence-electron chi connectivity index (χ2n) is 5.82. The highest BCUT2D eigenvalue weighted by Gasteiger charge is 2.28. The Hall–Kier alpha value is -1.73. The third kappa shape index (κ3) is 3.84. The Bertz CT molecular complexity index is 691. The molecule has 0 atom stereocenters. The van der Waals surface area contributed by atoms with Crippen LogP contribution in [0.15, 0.2) is 22.9 Å². The Morgan fingerprint density at radius 1 is 1.29 bits per heavy atom. The highest BCUT2D eigenvalue weighted by molar-refractivity contribution is 7.12. The van der Waals surface area contributed by atoms with Gasteiger partial charge in [0, 0.05) is 11.4 Å². The molecule has 5 nitrogen and oxygen atoms in total. The van der Waals surface area contributed by atoms with Gasteiger partial charge < -0.3 is 9.64 Å². The van der Waals surface area contributed by atoms with Crippen molar-refractivity contribution >= 4 is 34.6 Å². The van der Waals surface area contributed by atoms with E-state index in [0.717, 1.165) is 35.6 Å². The van der Waals surface area contributed by atoms with E-state index in [-0.39, 0.29) is 11.9 Å². The summed E-state index contributed by atoms with van der Waals surface area (Å²) in [5.74, 6) is -0.377. The molecule has 1 fully saturated rings. The van der Waals surface area contributed by atoms with Gasteiger partial charge in [0.25, 0.3) is 5.91 Å². The van der Waals surface area contributed by atoms with Gasteiger partial charge in [-0.3, -0.25) is 4.79 Å². The molecule has 3 rings (SSSR count). The summed E-state index contributed by atoms with van der Waals surface area (Å²) in [6.07, 6.45) is 5.62. The number of carbonyl (C=O) groups is 2. The molecule has 2 aromatic rings. The van der Waals surface area contributed by atoms with Crippen molar-refractivity contribution in [1.29, 1.82) is 0 Å². The summed E-state index contributed by atoms with van der Waals surface area (Å²) < 4.78 is 4.70. The number of rotatable bonds is 5. The number of aromatic nitrogens is 1. The number of esters is 1. The van der Waals surface area contributed by atoms with Crippen LogP contribution in [-0.4, -0.2) is 34.9 Å². The molecular formula is C17H20N2O3S2. The maximum atomic E-state index is 12.9. The van der Waals surface area contributed by atoms with E-state index in [9.17, 15) is 9.59 Å². The van der Waals surface area contributed by atoms with Crippen LogP contribution in [0.5, 0.6) is 0 Å². The molecule has 0 aromatic carbocycles. The van der Waals surface area contributed by atoms with E-state index in [0.29, 0.717) is 12.2 Å². The van der Waals surface area contributed by atoms with E-state index in [1.165, 1.54) is 36.2 Å². The van der Waals surface area contributed by atoms with E-state index in [4.69, 9.17) is 4.74 Å².